The molecule has 6 nitrogen and oxygen atoms in total. The molecule has 0 aliphatic rings. The number of carbonyl (C=O) groups excluding carboxylic acids is 1. The molecular formula is C18H16F4N4O2S. The molecule has 0 fully saturated rings. The van der Waals surface area contributed by atoms with Crippen LogP contribution in [0.25, 0.3) is 11.3 Å². The highest BCUT2D eigenvalue weighted by molar-refractivity contribution is 7.14. The van der Waals surface area contributed by atoms with Crippen LogP contribution in [0.3, 0.4) is 0 Å². The van der Waals surface area contributed by atoms with E-state index in [1.165, 1.54) is 34.2 Å². The average molecular weight is 428 g/mol. The number of nitrogens with one attached hydrogen (secondary N) is 1. The van der Waals surface area contributed by atoms with Crippen LogP contribution in [-0.4, -0.2) is 27.3 Å². The van der Waals surface area contributed by atoms with Gasteiger partial charge in [0.1, 0.15) is 17.5 Å². The Morgan fingerprint density at radius 1 is 1.21 bits per heavy atom. The van der Waals surface area contributed by atoms with Gasteiger partial charge in [-0.15, -0.1) is 11.3 Å². The summed E-state index contributed by atoms with van der Waals surface area (Å²) in [6.45, 7) is 0.228. The fourth-order valence-corrected chi connectivity index (χ4v) is 3.33. The molecule has 29 heavy (non-hydrogen) atoms. The van der Waals surface area contributed by atoms with Gasteiger partial charge in [0.25, 0.3) is 12.3 Å². The molecule has 0 spiro atoms. The lowest BCUT2D eigenvalue weighted by Crippen LogP contribution is -2.25. The van der Waals surface area contributed by atoms with E-state index >= 15 is 0 Å². The molecule has 1 unspecified atom stereocenters. The van der Waals surface area contributed by atoms with Crippen molar-refractivity contribution in [2.75, 3.05) is 5.32 Å². The minimum atomic E-state index is -2.90. The number of alkyl halides is 4. The number of carbonyl (C=O) groups is 1. The van der Waals surface area contributed by atoms with Crippen molar-refractivity contribution in [2.45, 2.75) is 32.9 Å². The lowest BCUT2D eigenvalue weighted by molar-refractivity contribution is -0.119. The number of benzene rings is 1. The van der Waals surface area contributed by atoms with Crippen LogP contribution in [0, 0.1) is 6.92 Å². The van der Waals surface area contributed by atoms with Crippen molar-refractivity contribution < 1.29 is 27.1 Å². The van der Waals surface area contributed by atoms with Gasteiger partial charge in [0.2, 0.25) is 0 Å². The third-order valence-electron chi connectivity index (χ3n) is 4.02. The van der Waals surface area contributed by atoms with Gasteiger partial charge >= 0.3 is 6.61 Å². The maximum absolute atomic E-state index is 12.8. The van der Waals surface area contributed by atoms with Gasteiger partial charge < -0.3 is 10.1 Å². The maximum Gasteiger partial charge on any atom is 0.387 e. The Bertz CT molecular complexity index is 988. The second-order valence-corrected chi connectivity index (χ2v) is 6.92. The third-order valence-corrected chi connectivity index (χ3v) is 4.78. The van der Waals surface area contributed by atoms with E-state index < -0.39 is 30.7 Å². The highest BCUT2D eigenvalue weighted by Crippen LogP contribution is 2.28. The molecule has 2 heterocycles. The van der Waals surface area contributed by atoms with Crippen LogP contribution in [0.1, 0.15) is 30.8 Å². The zero-order chi connectivity index (χ0) is 21.1. The Balaban J connectivity index is 1.68. The van der Waals surface area contributed by atoms with Gasteiger partial charge in [-0.2, -0.15) is 13.9 Å². The van der Waals surface area contributed by atoms with Crippen molar-refractivity contribution in [3.63, 3.8) is 0 Å². The van der Waals surface area contributed by atoms with Crippen LogP contribution in [0.4, 0.5) is 22.7 Å². The van der Waals surface area contributed by atoms with E-state index in [0.717, 1.165) is 0 Å². The SMILES string of the molecule is Cc1cc(C(F)F)nn1C(C)C(=O)Nc1nc(-c2ccc(OC(F)F)cc2)cs1. The number of halogens is 4. The predicted octanol–water partition coefficient (Wildman–Crippen LogP) is 5.05. The van der Waals surface area contributed by atoms with Crippen molar-refractivity contribution in [3.05, 3.63) is 47.1 Å². The quantitative estimate of drug-likeness (QED) is 0.535. The summed E-state index contributed by atoms with van der Waals surface area (Å²) in [5.41, 5.74) is 1.24. The first-order valence-electron chi connectivity index (χ1n) is 8.40. The molecule has 2 aromatic heterocycles. The molecule has 0 bridgehead atoms. The van der Waals surface area contributed by atoms with Gasteiger partial charge in [-0.1, -0.05) is 0 Å². The van der Waals surface area contributed by atoms with Gasteiger partial charge in [-0.25, -0.2) is 13.8 Å². The standard InChI is InChI=1S/C18H16F4N4O2S/c1-9-7-13(15(19)20)25-26(9)10(2)16(27)24-18-23-14(8-29-18)11-3-5-12(6-4-11)28-17(21)22/h3-8,10,15,17H,1-2H3,(H,23,24,27). The highest BCUT2D eigenvalue weighted by Gasteiger charge is 2.22. The topological polar surface area (TPSA) is 69.0 Å². The van der Waals surface area contributed by atoms with Crippen molar-refractivity contribution in [2.24, 2.45) is 0 Å². The second kappa shape index (κ2) is 8.60. The monoisotopic (exact) mass is 428 g/mol. The number of thiazole rings is 1. The Hall–Kier alpha value is -2.95. The van der Waals surface area contributed by atoms with Crippen LogP contribution in [0.2, 0.25) is 0 Å². The van der Waals surface area contributed by atoms with Crippen molar-refractivity contribution in [1.29, 1.82) is 0 Å². The molecule has 1 N–H and O–H groups in total. The summed E-state index contributed by atoms with van der Waals surface area (Å²) in [4.78, 5) is 16.7. The maximum atomic E-state index is 12.8. The van der Waals surface area contributed by atoms with E-state index in [4.69, 9.17) is 0 Å². The first kappa shape index (κ1) is 20.8. The molecule has 0 radical (unpaired) electrons. The van der Waals surface area contributed by atoms with Crippen LogP contribution in [0.15, 0.2) is 35.7 Å². The first-order valence-corrected chi connectivity index (χ1v) is 9.28. The molecule has 1 aromatic carbocycles. The smallest absolute Gasteiger partial charge is 0.387 e. The number of hydrogen-bond donors (Lipinski definition) is 1. The molecule has 0 saturated carbocycles. The van der Waals surface area contributed by atoms with Crippen molar-refractivity contribution in [1.82, 2.24) is 14.8 Å². The molecule has 3 rings (SSSR count). The second-order valence-electron chi connectivity index (χ2n) is 6.06. The van der Waals surface area contributed by atoms with E-state index in [1.807, 2.05) is 0 Å². The first-order chi connectivity index (χ1) is 13.7. The lowest BCUT2D eigenvalue weighted by Gasteiger charge is -2.13. The van der Waals surface area contributed by atoms with E-state index in [0.29, 0.717) is 22.1 Å². The number of anilines is 1. The molecule has 1 atom stereocenters. The fourth-order valence-electron chi connectivity index (χ4n) is 2.60. The largest absolute Gasteiger partial charge is 0.435 e. The zero-order valence-corrected chi connectivity index (χ0v) is 16.1. The molecule has 0 aliphatic heterocycles. The number of aromatic nitrogens is 3. The van der Waals surface area contributed by atoms with E-state index in [2.05, 4.69) is 20.1 Å². The van der Waals surface area contributed by atoms with Gasteiger partial charge in [0, 0.05) is 16.6 Å². The Labute approximate surface area is 167 Å². The summed E-state index contributed by atoms with van der Waals surface area (Å²) in [6.07, 6.45) is -2.72. The summed E-state index contributed by atoms with van der Waals surface area (Å²) in [7, 11) is 0. The van der Waals surface area contributed by atoms with E-state index in [1.54, 1.807) is 31.4 Å². The van der Waals surface area contributed by atoms with Crippen LogP contribution in [0.5, 0.6) is 5.75 Å². The van der Waals surface area contributed by atoms with Crippen LogP contribution in [-0.2, 0) is 4.79 Å². The minimum Gasteiger partial charge on any atom is -0.435 e. The predicted molar refractivity (Wildman–Crippen MR) is 99.4 cm³/mol. The van der Waals surface area contributed by atoms with Gasteiger partial charge in [0.15, 0.2) is 5.13 Å². The van der Waals surface area contributed by atoms with Gasteiger partial charge in [-0.05, 0) is 44.2 Å². The summed E-state index contributed by atoms with van der Waals surface area (Å²) < 4.78 is 55.5. The van der Waals surface area contributed by atoms with Crippen molar-refractivity contribution >= 4 is 22.4 Å². The zero-order valence-electron chi connectivity index (χ0n) is 15.3. The molecular weight excluding hydrogens is 412 g/mol. The fraction of sp³-hybridized carbons (Fsp3) is 0.278. The number of rotatable bonds is 7. The molecule has 3 aromatic rings. The average Bonchev–Trinajstić information content (AvgIpc) is 3.28. The minimum absolute atomic E-state index is 0.0269. The highest BCUT2D eigenvalue weighted by atomic mass is 32.1. The summed E-state index contributed by atoms with van der Waals surface area (Å²) in [5, 5.41) is 8.41. The Morgan fingerprint density at radius 3 is 2.48 bits per heavy atom. The number of nitrogens with zero attached hydrogens (tertiary/aromatic N) is 3. The number of hydrogen-bond acceptors (Lipinski definition) is 5. The summed E-state index contributed by atoms with van der Waals surface area (Å²) >= 11 is 1.17. The van der Waals surface area contributed by atoms with Gasteiger partial charge in [-0.3, -0.25) is 9.48 Å². The molecule has 0 saturated heterocycles. The van der Waals surface area contributed by atoms with Crippen LogP contribution >= 0.6 is 11.3 Å². The Morgan fingerprint density at radius 2 is 1.90 bits per heavy atom. The molecule has 1 amide bonds. The summed E-state index contributed by atoms with van der Waals surface area (Å²) in [5.74, 6) is -0.433. The van der Waals surface area contributed by atoms with Crippen molar-refractivity contribution in [3.8, 4) is 17.0 Å². The number of ether oxygens (including phenoxy) is 1. The third kappa shape index (κ3) is 4.91. The van der Waals surface area contributed by atoms with Crippen LogP contribution < -0.4 is 10.1 Å². The molecule has 11 heteroatoms. The number of amides is 1. The summed E-state index contributed by atoms with van der Waals surface area (Å²) in [6, 6.07) is 6.34. The molecule has 0 aliphatic carbocycles. The molecule has 154 valence electrons. The van der Waals surface area contributed by atoms with Gasteiger partial charge in [0.05, 0.1) is 5.69 Å². The van der Waals surface area contributed by atoms with E-state index in [9.17, 15) is 22.4 Å². The van der Waals surface area contributed by atoms with E-state index in [-0.39, 0.29) is 5.75 Å². The lowest BCUT2D eigenvalue weighted by atomic mass is 10.2. The Kier molecular flexibility index (Phi) is 6.16. The normalized spacial score (nSPS) is 12.4. The number of aryl methyl sites for hydroxylation is 1.